The Morgan fingerprint density at radius 2 is 1.91 bits per heavy atom. The maximum atomic E-state index is 13.2. The third kappa shape index (κ3) is 4.84. The summed E-state index contributed by atoms with van der Waals surface area (Å²) >= 11 is 0. The van der Waals surface area contributed by atoms with E-state index in [1.807, 2.05) is 16.3 Å². The molecule has 2 saturated heterocycles. The lowest BCUT2D eigenvalue weighted by Gasteiger charge is -2.49. The van der Waals surface area contributed by atoms with Crippen LogP contribution in [0.5, 0.6) is 5.88 Å². The summed E-state index contributed by atoms with van der Waals surface area (Å²) < 4.78 is 33.6. The summed E-state index contributed by atoms with van der Waals surface area (Å²) in [5.74, 6) is 2.64. The number of anilines is 3. The molecule has 0 aromatic carbocycles. The number of aliphatic hydroxyl groups is 1. The first-order chi connectivity index (χ1) is 16.4. The molecule has 186 valence electrons. The van der Waals surface area contributed by atoms with E-state index in [0.29, 0.717) is 40.8 Å². The lowest BCUT2D eigenvalue weighted by atomic mass is 9.83. The van der Waals surface area contributed by atoms with Gasteiger partial charge >= 0.3 is 0 Å². The molecule has 12 heteroatoms. The van der Waals surface area contributed by atoms with Crippen molar-refractivity contribution >= 4 is 27.6 Å². The zero-order valence-corrected chi connectivity index (χ0v) is 20.5. The third-order valence-electron chi connectivity index (χ3n) is 7.17. The molecule has 3 N–H and O–H groups in total. The highest BCUT2D eigenvalue weighted by Crippen LogP contribution is 2.41. The normalized spacial score (nSPS) is 25.2. The van der Waals surface area contributed by atoms with Crippen LogP contribution in [0.3, 0.4) is 0 Å². The number of nitrogens with one attached hydrogen (secondary N) is 2. The fourth-order valence-corrected chi connectivity index (χ4v) is 7.68. The van der Waals surface area contributed by atoms with Gasteiger partial charge in [0.05, 0.1) is 25.2 Å². The largest absolute Gasteiger partial charge is 0.481 e. The fraction of sp³-hybridized carbons (Fsp3) is 0.682. The Kier molecular flexibility index (Phi) is 6.38. The second-order valence-corrected chi connectivity index (χ2v) is 11.6. The van der Waals surface area contributed by atoms with Crippen molar-refractivity contribution < 1.29 is 18.3 Å². The molecule has 1 saturated carbocycles. The lowest BCUT2D eigenvalue weighted by molar-refractivity contribution is 0.109. The summed E-state index contributed by atoms with van der Waals surface area (Å²) in [5.41, 5.74) is 0.593. The molecule has 2 aromatic heterocycles. The number of hydrogen-bond donors (Lipinski definition) is 3. The summed E-state index contributed by atoms with van der Waals surface area (Å²) in [6.07, 6.45) is 6.49. The number of aromatic amines is 1. The summed E-state index contributed by atoms with van der Waals surface area (Å²) in [5, 5.41) is 19.2. The predicted molar refractivity (Wildman–Crippen MR) is 128 cm³/mol. The Bertz CT molecular complexity index is 1110. The molecule has 3 fully saturated rings. The Labute approximate surface area is 200 Å². The van der Waals surface area contributed by atoms with Crippen molar-refractivity contribution in [2.75, 3.05) is 30.1 Å². The highest BCUT2D eigenvalue weighted by atomic mass is 32.2. The Hall–Kier alpha value is -2.44. The first-order valence-electron chi connectivity index (χ1n) is 12.0. The molecule has 11 nitrogen and oxygen atoms in total. The molecule has 2 bridgehead atoms. The van der Waals surface area contributed by atoms with Crippen molar-refractivity contribution in [2.24, 2.45) is 5.92 Å². The number of aliphatic hydroxyl groups excluding tert-OH is 1. The minimum absolute atomic E-state index is 0.0351. The number of ether oxygens (including phenoxy) is 1. The molecule has 5 rings (SSSR count). The maximum absolute atomic E-state index is 13.2. The highest BCUT2D eigenvalue weighted by molar-refractivity contribution is 7.89. The fourth-order valence-electron chi connectivity index (χ4n) is 5.29. The quantitative estimate of drug-likeness (QED) is 0.481. The van der Waals surface area contributed by atoms with Crippen LogP contribution in [0.1, 0.15) is 50.6 Å². The number of piperidine rings is 2. The number of hydrogen-bond acceptors (Lipinski definition) is 9. The van der Waals surface area contributed by atoms with E-state index in [-0.39, 0.29) is 24.7 Å². The van der Waals surface area contributed by atoms with E-state index in [1.165, 1.54) is 0 Å². The number of methoxy groups -OCH3 is 1. The van der Waals surface area contributed by atoms with Crippen molar-refractivity contribution in [3.8, 4) is 5.88 Å². The average molecular weight is 492 g/mol. The van der Waals surface area contributed by atoms with E-state index in [4.69, 9.17) is 4.74 Å². The van der Waals surface area contributed by atoms with Crippen LogP contribution in [0.25, 0.3) is 0 Å². The van der Waals surface area contributed by atoms with Gasteiger partial charge in [-0.05, 0) is 44.4 Å². The zero-order chi connectivity index (χ0) is 23.9. The smallest absolute Gasteiger partial charge is 0.230 e. The minimum Gasteiger partial charge on any atom is -0.481 e. The van der Waals surface area contributed by atoms with Gasteiger partial charge in [-0.2, -0.15) is 19.4 Å². The van der Waals surface area contributed by atoms with Crippen LogP contribution in [0.15, 0.2) is 12.1 Å². The number of aromatic nitrogens is 4. The molecule has 0 amide bonds. The number of fused-ring (bicyclic) bond motifs is 2. The van der Waals surface area contributed by atoms with Crippen LogP contribution in [-0.4, -0.2) is 76.0 Å². The first-order valence-corrected chi connectivity index (χ1v) is 13.6. The maximum Gasteiger partial charge on any atom is 0.230 e. The van der Waals surface area contributed by atoms with E-state index < -0.39 is 10.0 Å². The van der Waals surface area contributed by atoms with Crippen molar-refractivity contribution in [1.29, 1.82) is 0 Å². The average Bonchev–Trinajstić information content (AvgIpc) is 3.50. The van der Waals surface area contributed by atoms with Crippen molar-refractivity contribution in [3.05, 3.63) is 17.8 Å². The summed E-state index contributed by atoms with van der Waals surface area (Å²) in [7, 11) is 0.302. The molecule has 0 unspecified atom stereocenters. The molecule has 2 aromatic rings. The number of sulfonamides is 1. The highest BCUT2D eigenvalue weighted by Gasteiger charge is 2.46. The molecule has 0 radical (unpaired) electrons. The van der Waals surface area contributed by atoms with Crippen LogP contribution in [-0.2, 0) is 16.6 Å². The van der Waals surface area contributed by atoms with Crippen LogP contribution < -0.4 is 15.0 Å². The summed E-state index contributed by atoms with van der Waals surface area (Å²) in [6, 6.07) is 3.60. The molecule has 1 aliphatic carbocycles. The predicted octanol–water partition coefficient (Wildman–Crippen LogP) is 2.01. The summed E-state index contributed by atoms with van der Waals surface area (Å²) in [4.78, 5) is 11.3. The van der Waals surface area contributed by atoms with Gasteiger partial charge in [0, 0.05) is 37.3 Å². The lowest BCUT2D eigenvalue weighted by Crippen LogP contribution is -2.59. The topological polar surface area (TPSA) is 137 Å². The van der Waals surface area contributed by atoms with Gasteiger partial charge in [-0.15, -0.1) is 0 Å². The Morgan fingerprint density at radius 1 is 1.18 bits per heavy atom. The SMILES string of the molecule is COc1cc(Nc2cc(CO)[nH]n2)nc(N(C)[C@H]2C[C@H]3CCC[C@@H](C2)N3S(=O)(=O)CC2CC2)n1. The van der Waals surface area contributed by atoms with Gasteiger partial charge in [0.1, 0.15) is 5.82 Å². The standard InChI is InChI=1S/C22H33N7O4S/c1-28(22-24-19(11-21(25-22)33-2)23-20-8-15(12-30)26-27-20)18-9-16-4-3-5-17(10-18)29(16)34(31,32)13-14-6-7-14/h8,11,14,16-18,30H,3-7,9-10,12-13H2,1-2H3,(H2,23,24,25,26,27)/t16-,17+,18+. The number of rotatable bonds is 9. The molecular weight excluding hydrogens is 458 g/mol. The van der Waals surface area contributed by atoms with E-state index in [9.17, 15) is 13.5 Å². The minimum atomic E-state index is -3.22. The third-order valence-corrected chi connectivity index (χ3v) is 9.30. The second kappa shape index (κ2) is 9.31. The molecule has 3 aliphatic rings. The van der Waals surface area contributed by atoms with Crippen LogP contribution in [0, 0.1) is 5.92 Å². The van der Waals surface area contributed by atoms with Crippen LogP contribution in [0.4, 0.5) is 17.6 Å². The van der Waals surface area contributed by atoms with Gasteiger partial charge in [0.25, 0.3) is 0 Å². The van der Waals surface area contributed by atoms with Crippen molar-refractivity contribution in [2.45, 2.75) is 69.7 Å². The molecule has 0 spiro atoms. The molecular formula is C22H33N7O4S. The van der Waals surface area contributed by atoms with Crippen molar-refractivity contribution in [1.82, 2.24) is 24.5 Å². The first kappa shape index (κ1) is 23.3. The molecule has 4 heterocycles. The van der Waals surface area contributed by atoms with E-state index in [2.05, 4.69) is 25.5 Å². The summed E-state index contributed by atoms with van der Waals surface area (Å²) in [6.45, 7) is -0.132. The van der Waals surface area contributed by atoms with Gasteiger partial charge in [0.15, 0.2) is 5.82 Å². The Morgan fingerprint density at radius 3 is 2.53 bits per heavy atom. The van der Waals surface area contributed by atoms with Gasteiger partial charge in [-0.1, -0.05) is 6.42 Å². The second-order valence-electron chi connectivity index (χ2n) is 9.68. The van der Waals surface area contributed by atoms with E-state index in [0.717, 1.165) is 44.9 Å². The molecule has 34 heavy (non-hydrogen) atoms. The molecule has 2 aliphatic heterocycles. The van der Waals surface area contributed by atoms with E-state index in [1.54, 1.807) is 19.2 Å². The van der Waals surface area contributed by atoms with Gasteiger partial charge in [-0.25, -0.2) is 8.42 Å². The van der Waals surface area contributed by atoms with Crippen LogP contribution in [0.2, 0.25) is 0 Å². The number of H-pyrrole nitrogens is 1. The van der Waals surface area contributed by atoms with Gasteiger partial charge in [0.2, 0.25) is 21.9 Å². The Balaban J connectivity index is 1.34. The van der Waals surface area contributed by atoms with Crippen molar-refractivity contribution in [3.63, 3.8) is 0 Å². The van der Waals surface area contributed by atoms with Gasteiger partial charge in [-0.3, -0.25) is 5.10 Å². The number of nitrogens with zero attached hydrogens (tertiary/aromatic N) is 5. The van der Waals surface area contributed by atoms with Gasteiger partial charge < -0.3 is 20.1 Å². The van der Waals surface area contributed by atoms with Crippen LogP contribution >= 0.6 is 0 Å². The monoisotopic (exact) mass is 491 g/mol. The van der Waals surface area contributed by atoms with E-state index >= 15 is 0 Å². The molecule has 3 atom stereocenters. The zero-order valence-electron chi connectivity index (χ0n) is 19.6.